The fourth-order valence-corrected chi connectivity index (χ4v) is 1.59. The Morgan fingerprint density at radius 1 is 1.27 bits per heavy atom. The summed E-state index contributed by atoms with van der Waals surface area (Å²) >= 11 is 4.20. The van der Waals surface area contributed by atoms with Crippen molar-refractivity contribution in [2.45, 2.75) is 19.8 Å². The molecule has 0 heterocycles. The van der Waals surface area contributed by atoms with Crippen molar-refractivity contribution in [1.82, 2.24) is 0 Å². The number of benzene rings is 1. The molecule has 2 nitrogen and oxygen atoms in total. The first-order chi connectivity index (χ1) is 7.31. The van der Waals surface area contributed by atoms with E-state index in [0.717, 1.165) is 30.1 Å². The molecule has 0 N–H and O–H groups in total. The summed E-state index contributed by atoms with van der Waals surface area (Å²) in [6.45, 7) is 2.63. The van der Waals surface area contributed by atoms with Crippen LogP contribution in [0.2, 0.25) is 0 Å². The Morgan fingerprint density at radius 2 is 2.07 bits per heavy atom. The lowest BCUT2D eigenvalue weighted by Gasteiger charge is -2.10. The van der Waals surface area contributed by atoms with Crippen LogP contribution in [0.4, 0.5) is 0 Å². The number of hydrogen-bond acceptors (Lipinski definition) is 3. The van der Waals surface area contributed by atoms with Crippen LogP contribution in [0.25, 0.3) is 0 Å². The summed E-state index contributed by atoms with van der Waals surface area (Å²) in [7, 11) is 1.66. The van der Waals surface area contributed by atoms with Gasteiger partial charge in [-0.15, -0.1) is 0 Å². The van der Waals surface area contributed by atoms with Gasteiger partial charge in [-0.2, -0.15) is 12.6 Å². The van der Waals surface area contributed by atoms with Gasteiger partial charge >= 0.3 is 0 Å². The quantitative estimate of drug-likeness (QED) is 0.752. The van der Waals surface area contributed by atoms with Crippen molar-refractivity contribution in [1.29, 1.82) is 0 Å². The topological polar surface area (TPSA) is 18.5 Å². The number of aryl methyl sites for hydroxylation is 1. The molecule has 0 spiro atoms. The number of methoxy groups -OCH3 is 1. The van der Waals surface area contributed by atoms with Crippen LogP contribution >= 0.6 is 12.6 Å². The second-order valence-electron chi connectivity index (χ2n) is 3.25. The van der Waals surface area contributed by atoms with Crippen LogP contribution in [0.15, 0.2) is 18.2 Å². The van der Waals surface area contributed by atoms with E-state index in [1.165, 1.54) is 5.56 Å². The standard InChI is InChI=1S/C12H18O2S/c1-3-14-12-9-10(5-4-8-15)6-7-11(12)13-2/h6-7,9,15H,3-5,8H2,1-2H3. The zero-order valence-corrected chi connectivity index (χ0v) is 10.2. The molecule has 0 aliphatic carbocycles. The van der Waals surface area contributed by atoms with Crippen LogP contribution < -0.4 is 9.47 Å². The first-order valence-corrected chi connectivity index (χ1v) is 5.85. The number of rotatable bonds is 6. The van der Waals surface area contributed by atoms with Crippen LogP contribution in [0.3, 0.4) is 0 Å². The monoisotopic (exact) mass is 226 g/mol. The van der Waals surface area contributed by atoms with E-state index in [2.05, 4.69) is 18.7 Å². The summed E-state index contributed by atoms with van der Waals surface area (Å²) < 4.78 is 10.7. The van der Waals surface area contributed by atoms with Crippen LogP contribution in [-0.4, -0.2) is 19.5 Å². The smallest absolute Gasteiger partial charge is 0.161 e. The van der Waals surface area contributed by atoms with E-state index in [-0.39, 0.29) is 0 Å². The minimum Gasteiger partial charge on any atom is -0.493 e. The predicted octanol–water partition coefficient (Wildman–Crippen LogP) is 2.96. The van der Waals surface area contributed by atoms with E-state index in [0.29, 0.717) is 6.61 Å². The van der Waals surface area contributed by atoms with Gasteiger partial charge in [-0.05, 0) is 43.2 Å². The van der Waals surface area contributed by atoms with Gasteiger partial charge in [0.15, 0.2) is 11.5 Å². The lowest BCUT2D eigenvalue weighted by atomic mass is 10.1. The Balaban J connectivity index is 2.79. The second kappa shape index (κ2) is 6.62. The molecule has 0 saturated carbocycles. The fourth-order valence-electron chi connectivity index (χ4n) is 1.43. The largest absolute Gasteiger partial charge is 0.493 e. The minimum atomic E-state index is 0.659. The van der Waals surface area contributed by atoms with Gasteiger partial charge in [0.25, 0.3) is 0 Å². The Kier molecular flexibility index (Phi) is 5.40. The van der Waals surface area contributed by atoms with Gasteiger partial charge in [0.2, 0.25) is 0 Å². The molecule has 0 amide bonds. The molecule has 84 valence electrons. The summed E-state index contributed by atoms with van der Waals surface area (Å²) in [5, 5.41) is 0. The zero-order chi connectivity index (χ0) is 11.1. The van der Waals surface area contributed by atoms with Gasteiger partial charge in [-0.25, -0.2) is 0 Å². The molecule has 0 atom stereocenters. The molecule has 1 aromatic rings. The van der Waals surface area contributed by atoms with Gasteiger partial charge in [0.1, 0.15) is 0 Å². The summed E-state index contributed by atoms with van der Waals surface area (Å²) in [4.78, 5) is 0. The summed E-state index contributed by atoms with van der Waals surface area (Å²) in [5.74, 6) is 2.54. The van der Waals surface area contributed by atoms with Crippen molar-refractivity contribution in [3.63, 3.8) is 0 Å². The summed E-state index contributed by atoms with van der Waals surface area (Å²) in [6.07, 6.45) is 2.12. The van der Waals surface area contributed by atoms with Gasteiger partial charge in [-0.1, -0.05) is 6.07 Å². The maximum Gasteiger partial charge on any atom is 0.161 e. The normalized spacial score (nSPS) is 10.1. The third-order valence-corrected chi connectivity index (χ3v) is 2.47. The molecule has 15 heavy (non-hydrogen) atoms. The highest BCUT2D eigenvalue weighted by atomic mass is 32.1. The molecule has 1 rings (SSSR count). The van der Waals surface area contributed by atoms with E-state index in [9.17, 15) is 0 Å². The first-order valence-electron chi connectivity index (χ1n) is 5.22. The predicted molar refractivity (Wildman–Crippen MR) is 66.3 cm³/mol. The molecule has 0 fully saturated rings. The van der Waals surface area contributed by atoms with Crippen molar-refractivity contribution in [3.8, 4) is 11.5 Å². The third kappa shape index (κ3) is 3.67. The number of thiol groups is 1. The Morgan fingerprint density at radius 3 is 2.67 bits per heavy atom. The van der Waals surface area contributed by atoms with Crippen molar-refractivity contribution >= 4 is 12.6 Å². The highest BCUT2D eigenvalue weighted by Crippen LogP contribution is 2.28. The minimum absolute atomic E-state index is 0.659. The maximum absolute atomic E-state index is 5.50. The van der Waals surface area contributed by atoms with E-state index >= 15 is 0 Å². The molecule has 0 saturated heterocycles. The van der Waals surface area contributed by atoms with E-state index in [4.69, 9.17) is 9.47 Å². The highest BCUT2D eigenvalue weighted by Gasteiger charge is 2.04. The Bertz CT molecular complexity index is 300. The third-order valence-electron chi connectivity index (χ3n) is 2.15. The zero-order valence-electron chi connectivity index (χ0n) is 9.32. The molecule has 0 unspecified atom stereocenters. The Labute approximate surface area is 97.0 Å². The summed E-state index contributed by atoms with van der Waals surface area (Å²) in [5.41, 5.74) is 1.27. The Hall–Kier alpha value is -0.830. The van der Waals surface area contributed by atoms with E-state index < -0.39 is 0 Å². The molecular weight excluding hydrogens is 208 g/mol. The first kappa shape index (κ1) is 12.2. The summed E-state index contributed by atoms with van der Waals surface area (Å²) in [6, 6.07) is 6.08. The molecule has 3 heteroatoms. The lowest BCUT2D eigenvalue weighted by molar-refractivity contribution is 0.310. The molecule has 0 radical (unpaired) electrons. The van der Waals surface area contributed by atoms with Gasteiger partial charge < -0.3 is 9.47 Å². The second-order valence-corrected chi connectivity index (χ2v) is 3.69. The van der Waals surface area contributed by atoms with Gasteiger partial charge in [-0.3, -0.25) is 0 Å². The highest BCUT2D eigenvalue weighted by molar-refractivity contribution is 7.80. The fraction of sp³-hybridized carbons (Fsp3) is 0.500. The maximum atomic E-state index is 5.50. The van der Waals surface area contributed by atoms with Crippen molar-refractivity contribution < 1.29 is 9.47 Å². The lowest BCUT2D eigenvalue weighted by Crippen LogP contribution is -1.97. The SMILES string of the molecule is CCOc1cc(CCCS)ccc1OC. The molecule has 0 bridgehead atoms. The van der Waals surface area contributed by atoms with Crippen LogP contribution in [0, 0.1) is 0 Å². The number of ether oxygens (including phenoxy) is 2. The van der Waals surface area contributed by atoms with Crippen LogP contribution in [-0.2, 0) is 6.42 Å². The van der Waals surface area contributed by atoms with Crippen molar-refractivity contribution in [2.24, 2.45) is 0 Å². The van der Waals surface area contributed by atoms with Crippen molar-refractivity contribution in [3.05, 3.63) is 23.8 Å². The van der Waals surface area contributed by atoms with Crippen molar-refractivity contribution in [2.75, 3.05) is 19.5 Å². The van der Waals surface area contributed by atoms with Crippen LogP contribution in [0.5, 0.6) is 11.5 Å². The van der Waals surface area contributed by atoms with Gasteiger partial charge in [0.05, 0.1) is 13.7 Å². The van der Waals surface area contributed by atoms with E-state index in [1.807, 2.05) is 19.1 Å². The molecule has 0 aliphatic heterocycles. The van der Waals surface area contributed by atoms with E-state index in [1.54, 1.807) is 7.11 Å². The average molecular weight is 226 g/mol. The van der Waals surface area contributed by atoms with Crippen LogP contribution in [0.1, 0.15) is 18.9 Å². The molecule has 1 aromatic carbocycles. The molecular formula is C12H18O2S. The average Bonchev–Trinajstić information content (AvgIpc) is 2.27. The molecule has 0 aromatic heterocycles. The number of hydrogen-bond donors (Lipinski definition) is 1. The molecule has 0 aliphatic rings. The van der Waals surface area contributed by atoms with Gasteiger partial charge in [0, 0.05) is 0 Å².